The Morgan fingerprint density at radius 3 is 2.63 bits per heavy atom. The molecule has 3 aromatic carbocycles. The van der Waals surface area contributed by atoms with Crippen molar-refractivity contribution in [1.82, 2.24) is 19.7 Å². The first-order valence-corrected chi connectivity index (χ1v) is 11.5. The lowest BCUT2D eigenvalue weighted by atomic mass is 10.2. The average molecular weight is 515 g/mol. The number of hydrogen-bond acceptors (Lipinski definition) is 7. The first kappa shape index (κ1) is 24.5. The number of ether oxygens (including phenoxy) is 2. The molecule has 0 bridgehead atoms. The number of nitrogens with zero attached hydrogens (tertiary/aromatic N) is 4. The van der Waals surface area contributed by atoms with Crippen LogP contribution in [-0.4, -0.2) is 39.9 Å². The fraction of sp³-hybridized carbons (Fsp3) is 0.111. The topological polar surface area (TPSA) is 116 Å². The molecule has 0 fully saturated rings. The van der Waals surface area contributed by atoms with E-state index < -0.39 is 6.03 Å². The lowest BCUT2D eigenvalue weighted by molar-refractivity contribution is 0.262. The van der Waals surface area contributed by atoms with Crippen molar-refractivity contribution in [3.05, 3.63) is 90.6 Å². The van der Waals surface area contributed by atoms with E-state index in [-0.39, 0.29) is 17.5 Å². The van der Waals surface area contributed by atoms with Gasteiger partial charge < -0.3 is 29.2 Å². The zero-order chi connectivity index (χ0) is 26.5. The molecule has 0 aliphatic heterocycles. The average Bonchev–Trinajstić information content (AvgIpc) is 3.60. The van der Waals surface area contributed by atoms with Gasteiger partial charge in [-0.3, -0.25) is 0 Å². The van der Waals surface area contributed by atoms with Gasteiger partial charge in [0.05, 0.1) is 26.2 Å². The second-order valence-electron chi connectivity index (χ2n) is 8.21. The number of methoxy groups -OCH3 is 2. The Hall–Kier alpha value is -5.19. The summed E-state index contributed by atoms with van der Waals surface area (Å²) in [7, 11) is 3.08. The van der Waals surface area contributed by atoms with Crippen LogP contribution in [0, 0.1) is 5.82 Å². The Morgan fingerprint density at radius 2 is 1.87 bits per heavy atom. The molecule has 0 aliphatic rings. The van der Waals surface area contributed by atoms with Gasteiger partial charge in [0.25, 0.3) is 5.89 Å². The van der Waals surface area contributed by atoms with E-state index in [4.69, 9.17) is 14.0 Å². The second-order valence-corrected chi connectivity index (χ2v) is 8.21. The number of benzene rings is 3. The van der Waals surface area contributed by atoms with Crippen molar-refractivity contribution in [2.24, 2.45) is 0 Å². The normalized spacial score (nSPS) is 10.7. The van der Waals surface area contributed by atoms with Crippen LogP contribution in [0.3, 0.4) is 0 Å². The molecule has 0 saturated carbocycles. The molecule has 0 radical (unpaired) electrons. The molecule has 0 saturated heterocycles. The van der Waals surface area contributed by atoms with E-state index in [1.807, 2.05) is 16.7 Å². The highest BCUT2D eigenvalue weighted by atomic mass is 19.1. The molecule has 10 nitrogen and oxygen atoms in total. The molecule has 192 valence electrons. The first-order chi connectivity index (χ1) is 18.5. The number of carbonyl (C=O) groups is 1. The maximum atomic E-state index is 13.5. The molecule has 0 unspecified atom stereocenters. The predicted octanol–water partition coefficient (Wildman–Crippen LogP) is 5.45. The van der Waals surface area contributed by atoms with Crippen molar-refractivity contribution in [1.29, 1.82) is 0 Å². The van der Waals surface area contributed by atoms with Crippen LogP contribution in [0.15, 0.2) is 83.8 Å². The van der Waals surface area contributed by atoms with Gasteiger partial charge in [0, 0.05) is 30.1 Å². The smallest absolute Gasteiger partial charge is 0.323 e. The van der Waals surface area contributed by atoms with Gasteiger partial charge in [0.15, 0.2) is 0 Å². The van der Waals surface area contributed by atoms with Gasteiger partial charge in [0.1, 0.15) is 23.0 Å². The number of rotatable bonds is 8. The van der Waals surface area contributed by atoms with Gasteiger partial charge in [-0.25, -0.2) is 14.2 Å². The molecule has 0 atom stereocenters. The molecule has 2 aromatic heterocycles. The number of imidazole rings is 1. The Balaban J connectivity index is 1.20. The first-order valence-electron chi connectivity index (χ1n) is 11.5. The van der Waals surface area contributed by atoms with E-state index in [0.29, 0.717) is 40.7 Å². The van der Waals surface area contributed by atoms with Crippen LogP contribution >= 0.6 is 0 Å². The molecular weight excluding hydrogens is 491 g/mol. The van der Waals surface area contributed by atoms with Crippen molar-refractivity contribution in [2.75, 3.05) is 24.9 Å². The van der Waals surface area contributed by atoms with Crippen LogP contribution in [0.4, 0.5) is 20.6 Å². The number of hydrogen-bond donors (Lipinski definition) is 2. The molecule has 5 rings (SSSR count). The molecule has 5 aromatic rings. The Bertz CT molecular complexity index is 1560. The lowest BCUT2D eigenvalue weighted by Gasteiger charge is -2.13. The standard InChI is InChI=1S/C27H23FN6O4/c1-36-21-10-11-24(37-2)22(13-21)31-27(35)30-20-8-6-17(7-9-20)14-34-15-23(29-16-34)26-32-25(33-38-26)18-4-3-5-19(28)12-18/h3-13,15-16H,14H2,1-2H3,(H2,30,31,35). The zero-order valence-corrected chi connectivity index (χ0v) is 20.5. The Kier molecular flexibility index (Phi) is 6.98. The van der Waals surface area contributed by atoms with Crippen LogP contribution < -0.4 is 20.1 Å². The third-order valence-corrected chi connectivity index (χ3v) is 5.59. The summed E-state index contributed by atoms with van der Waals surface area (Å²) in [5, 5.41) is 9.49. The summed E-state index contributed by atoms with van der Waals surface area (Å²) in [6.07, 6.45) is 3.44. The van der Waals surface area contributed by atoms with E-state index >= 15 is 0 Å². The van der Waals surface area contributed by atoms with Crippen LogP contribution in [0.2, 0.25) is 0 Å². The van der Waals surface area contributed by atoms with Crippen LogP contribution in [0.25, 0.3) is 23.0 Å². The van der Waals surface area contributed by atoms with Crippen molar-refractivity contribution in [3.63, 3.8) is 0 Å². The Morgan fingerprint density at radius 1 is 1.03 bits per heavy atom. The van der Waals surface area contributed by atoms with E-state index in [1.165, 1.54) is 19.2 Å². The minimum Gasteiger partial charge on any atom is -0.497 e. The lowest BCUT2D eigenvalue weighted by Crippen LogP contribution is -2.19. The highest BCUT2D eigenvalue weighted by Crippen LogP contribution is 2.29. The van der Waals surface area contributed by atoms with E-state index in [9.17, 15) is 9.18 Å². The van der Waals surface area contributed by atoms with Gasteiger partial charge >= 0.3 is 6.03 Å². The molecule has 0 aliphatic carbocycles. The van der Waals surface area contributed by atoms with Crippen LogP contribution in [-0.2, 0) is 6.54 Å². The van der Waals surface area contributed by atoms with Crippen molar-refractivity contribution in [3.8, 4) is 34.5 Å². The van der Waals surface area contributed by atoms with Gasteiger partial charge in [-0.15, -0.1) is 0 Å². The molecule has 2 amide bonds. The summed E-state index contributed by atoms with van der Waals surface area (Å²) in [4.78, 5) is 21.2. The summed E-state index contributed by atoms with van der Waals surface area (Å²) in [5.41, 5.74) is 3.12. The maximum absolute atomic E-state index is 13.5. The number of anilines is 2. The quantitative estimate of drug-likeness (QED) is 0.283. The molecule has 38 heavy (non-hydrogen) atoms. The fourth-order valence-electron chi connectivity index (χ4n) is 3.73. The van der Waals surface area contributed by atoms with Gasteiger partial charge in [-0.2, -0.15) is 4.98 Å². The van der Waals surface area contributed by atoms with Gasteiger partial charge in [-0.1, -0.05) is 29.4 Å². The van der Waals surface area contributed by atoms with E-state index in [1.54, 1.807) is 62.1 Å². The highest BCUT2D eigenvalue weighted by molar-refractivity contribution is 6.00. The van der Waals surface area contributed by atoms with Crippen molar-refractivity contribution in [2.45, 2.75) is 6.54 Å². The maximum Gasteiger partial charge on any atom is 0.323 e. The number of urea groups is 1. The minimum absolute atomic E-state index is 0.237. The van der Waals surface area contributed by atoms with Gasteiger partial charge in [0.2, 0.25) is 5.82 Å². The number of halogens is 1. The molecule has 0 spiro atoms. The van der Waals surface area contributed by atoms with E-state index in [0.717, 1.165) is 5.56 Å². The zero-order valence-electron chi connectivity index (χ0n) is 20.5. The number of nitrogens with one attached hydrogen (secondary N) is 2. The number of aromatic nitrogens is 4. The van der Waals surface area contributed by atoms with Crippen molar-refractivity contribution >= 4 is 17.4 Å². The van der Waals surface area contributed by atoms with Gasteiger partial charge in [-0.05, 0) is 42.0 Å². The summed E-state index contributed by atoms with van der Waals surface area (Å²) in [6, 6.07) is 18.1. The predicted molar refractivity (Wildman–Crippen MR) is 139 cm³/mol. The minimum atomic E-state index is -0.416. The fourth-order valence-corrected chi connectivity index (χ4v) is 3.73. The summed E-state index contributed by atoms with van der Waals surface area (Å²) >= 11 is 0. The monoisotopic (exact) mass is 514 g/mol. The Labute approximate surface area is 217 Å². The van der Waals surface area contributed by atoms with Crippen LogP contribution in [0.5, 0.6) is 11.5 Å². The molecule has 2 N–H and O–H groups in total. The molecular formula is C27H23FN6O4. The molecule has 2 heterocycles. The van der Waals surface area contributed by atoms with Crippen LogP contribution in [0.1, 0.15) is 5.56 Å². The number of amides is 2. The highest BCUT2D eigenvalue weighted by Gasteiger charge is 2.14. The third kappa shape index (κ3) is 5.62. The molecule has 11 heteroatoms. The largest absolute Gasteiger partial charge is 0.497 e. The van der Waals surface area contributed by atoms with E-state index in [2.05, 4.69) is 25.8 Å². The summed E-state index contributed by atoms with van der Waals surface area (Å²) in [5.74, 6) is 1.25. The SMILES string of the molecule is COc1ccc(OC)c(NC(=O)Nc2ccc(Cn3cnc(-c4nc(-c5cccc(F)c5)no4)c3)cc2)c1. The van der Waals surface area contributed by atoms with Crippen molar-refractivity contribution < 1.29 is 23.2 Å². The summed E-state index contributed by atoms with van der Waals surface area (Å²) < 4.78 is 31.2. The summed E-state index contributed by atoms with van der Waals surface area (Å²) in [6.45, 7) is 0.533. The number of carbonyl (C=O) groups excluding carboxylic acids is 1. The third-order valence-electron chi connectivity index (χ3n) is 5.59. The second kappa shape index (κ2) is 10.8.